The van der Waals surface area contributed by atoms with Gasteiger partial charge in [-0.1, -0.05) is 28.9 Å². The zero-order valence-electron chi connectivity index (χ0n) is 21.2. The van der Waals surface area contributed by atoms with E-state index in [1.54, 1.807) is 33.8 Å². The Labute approximate surface area is 195 Å². The van der Waals surface area contributed by atoms with Gasteiger partial charge in [0, 0.05) is 0 Å². The lowest BCUT2D eigenvalue weighted by Crippen LogP contribution is -2.16. The van der Waals surface area contributed by atoms with Crippen molar-refractivity contribution >= 4 is 15.4 Å². The maximum atomic E-state index is 13.4. The summed E-state index contributed by atoms with van der Waals surface area (Å²) in [6.07, 6.45) is 9.72. The molecule has 0 amide bonds. The van der Waals surface area contributed by atoms with Crippen molar-refractivity contribution in [2.75, 3.05) is 26.4 Å². The van der Waals surface area contributed by atoms with E-state index in [-0.39, 0.29) is 26.4 Å². The van der Waals surface area contributed by atoms with Gasteiger partial charge in [0.25, 0.3) is 0 Å². The minimum absolute atomic E-state index is 0.122. The van der Waals surface area contributed by atoms with Crippen molar-refractivity contribution in [1.29, 1.82) is 0 Å². The predicted octanol–water partition coefficient (Wildman–Crippen LogP) is 8.20. The van der Waals surface area contributed by atoms with E-state index >= 15 is 0 Å². The molecule has 1 unspecified atom stereocenters. The number of rotatable bonds is 18. The van der Waals surface area contributed by atoms with Crippen molar-refractivity contribution < 1.29 is 31.7 Å². The number of hydrogen-bond donors (Lipinski definition) is 0. The SMILES string of the molecule is CCOP(=O)(OCC)OC(/C=C(\C)CC/C=C(\C)CCC=C(C)C)P(=O)(OCC)OCC. The first-order chi connectivity index (χ1) is 15.1. The quantitative estimate of drug-likeness (QED) is 0.140. The van der Waals surface area contributed by atoms with Gasteiger partial charge in [0.2, 0.25) is 0 Å². The largest absolute Gasteiger partial charge is 0.475 e. The number of phosphoric acid groups is 1. The number of allylic oxidation sites excluding steroid dienone is 5. The number of hydrogen-bond acceptors (Lipinski definition) is 7. The van der Waals surface area contributed by atoms with E-state index in [0.29, 0.717) is 0 Å². The van der Waals surface area contributed by atoms with Crippen LogP contribution in [0.25, 0.3) is 0 Å². The van der Waals surface area contributed by atoms with Crippen LogP contribution in [0.15, 0.2) is 34.9 Å². The maximum absolute atomic E-state index is 13.4. The Kier molecular flexibility index (Phi) is 16.7. The third-order valence-electron chi connectivity index (χ3n) is 4.29. The molecular formula is C23H44O7P2. The van der Waals surface area contributed by atoms with Crippen molar-refractivity contribution in [2.24, 2.45) is 0 Å². The van der Waals surface area contributed by atoms with Gasteiger partial charge in [0.1, 0.15) is 0 Å². The van der Waals surface area contributed by atoms with Gasteiger partial charge < -0.3 is 9.05 Å². The molecule has 0 aliphatic heterocycles. The second-order valence-electron chi connectivity index (χ2n) is 7.58. The molecule has 0 aliphatic rings. The van der Waals surface area contributed by atoms with Crippen LogP contribution in [-0.2, 0) is 31.7 Å². The Morgan fingerprint density at radius 3 is 1.66 bits per heavy atom. The van der Waals surface area contributed by atoms with Gasteiger partial charge in [0.15, 0.2) is 5.85 Å². The Morgan fingerprint density at radius 1 is 0.719 bits per heavy atom. The highest BCUT2D eigenvalue weighted by molar-refractivity contribution is 7.56. The van der Waals surface area contributed by atoms with Gasteiger partial charge in [-0.3, -0.25) is 18.1 Å². The van der Waals surface area contributed by atoms with Crippen LogP contribution in [0.3, 0.4) is 0 Å². The van der Waals surface area contributed by atoms with E-state index in [1.165, 1.54) is 11.1 Å². The zero-order valence-corrected chi connectivity index (χ0v) is 23.0. The fourth-order valence-electron chi connectivity index (χ4n) is 2.83. The van der Waals surface area contributed by atoms with Gasteiger partial charge in [-0.15, -0.1) is 0 Å². The molecule has 0 rings (SSSR count). The molecule has 0 aromatic heterocycles. The second-order valence-corrected chi connectivity index (χ2v) is 11.3. The third-order valence-corrected chi connectivity index (χ3v) is 8.21. The van der Waals surface area contributed by atoms with E-state index in [4.69, 9.17) is 22.6 Å². The van der Waals surface area contributed by atoms with Crippen molar-refractivity contribution in [3.8, 4) is 0 Å². The summed E-state index contributed by atoms with van der Waals surface area (Å²) in [4.78, 5) is 0. The standard InChI is InChI=1S/C23H44O7P2/c1-9-26-31(24,27-10-2)23(30-32(25,28-11-3)29-12-4)19-22(8)18-14-17-21(7)16-13-15-20(5)6/h15,17,19,23H,9-14,16,18H2,1-8H3/b21-17+,22-19+. The molecule has 1 atom stereocenters. The summed E-state index contributed by atoms with van der Waals surface area (Å²) in [7, 11) is -7.69. The molecule has 0 aromatic rings. The topological polar surface area (TPSA) is 80.3 Å². The van der Waals surface area contributed by atoms with E-state index < -0.39 is 21.3 Å². The number of phosphoric ester groups is 1. The van der Waals surface area contributed by atoms with Crippen LogP contribution in [0.1, 0.15) is 81.1 Å². The average molecular weight is 495 g/mol. The summed E-state index contributed by atoms with van der Waals surface area (Å²) < 4.78 is 53.4. The second kappa shape index (κ2) is 17.0. The lowest BCUT2D eigenvalue weighted by atomic mass is 10.1. The average Bonchev–Trinajstić information content (AvgIpc) is 2.68. The Hall–Kier alpha value is -0.520. The molecule has 32 heavy (non-hydrogen) atoms. The van der Waals surface area contributed by atoms with Gasteiger partial charge >= 0.3 is 15.4 Å². The molecule has 0 N–H and O–H groups in total. The molecule has 0 saturated heterocycles. The molecule has 0 aliphatic carbocycles. The monoisotopic (exact) mass is 494 g/mol. The predicted molar refractivity (Wildman–Crippen MR) is 132 cm³/mol. The fraction of sp³-hybridized carbons (Fsp3) is 0.739. The summed E-state index contributed by atoms with van der Waals surface area (Å²) >= 11 is 0. The lowest BCUT2D eigenvalue weighted by Gasteiger charge is -2.27. The van der Waals surface area contributed by atoms with Crippen molar-refractivity contribution in [2.45, 2.75) is 86.9 Å². The molecule has 0 fully saturated rings. The zero-order chi connectivity index (χ0) is 24.6. The smallest absolute Gasteiger partial charge is 0.307 e. The molecule has 0 spiro atoms. The molecule has 188 valence electrons. The highest BCUT2D eigenvalue weighted by Gasteiger charge is 2.42. The van der Waals surface area contributed by atoms with Gasteiger partial charge in [-0.2, -0.15) is 0 Å². The van der Waals surface area contributed by atoms with Crippen LogP contribution in [0.4, 0.5) is 0 Å². The van der Waals surface area contributed by atoms with Crippen LogP contribution in [0.2, 0.25) is 0 Å². The minimum Gasteiger partial charge on any atom is -0.307 e. The van der Waals surface area contributed by atoms with E-state index in [0.717, 1.165) is 31.3 Å². The third kappa shape index (κ3) is 13.3. The normalized spacial score (nSPS) is 14.5. The van der Waals surface area contributed by atoms with Gasteiger partial charge in [0.05, 0.1) is 26.4 Å². The van der Waals surface area contributed by atoms with E-state index in [2.05, 4.69) is 32.9 Å². The highest BCUT2D eigenvalue weighted by Crippen LogP contribution is 2.61. The fourth-order valence-corrected chi connectivity index (χ4v) is 6.32. The first-order valence-corrected chi connectivity index (χ1v) is 14.6. The minimum atomic E-state index is -3.93. The van der Waals surface area contributed by atoms with Crippen LogP contribution < -0.4 is 0 Å². The summed E-state index contributed by atoms with van der Waals surface area (Å²) in [5.41, 5.74) is 3.57. The molecule has 0 radical (unpaired) electrons. The Bertz CT molecular complexity index is 689. The van der Waals surface area contributed by atoms with Crippen molar-refractivity contribution in [1.82, 2.24) is 0 Å². The van der Waals surface area contributed by atoms with Gasteiger partial charge in [-0.25, -0.2) is 4.57 Å². The molecule has 0 aromatic carbocycles. The van der Waals surface area contributed by atoms with Crippen molar-refractivity contribution in [3.63, 3.8) is 0 Å². The molecule has 0 saturated carbocycles. The van der Waals surface area contributed by atoms with Crippen molar-refractivity contribution in [3.05, 3.63) is 34.9 Å². The first-order valence-electron chi connectivity index (χ1n) is 11.5. The summed E-state index contributed by atoms with van der Waals surface area (Å²) in [6, 6.07) is 0. The van der Waals surface area contributed by atoms with Crippen LogP contribution >= 0.6 is 15.4 Å². The molecule has 0 bridgehead atoms. The Balaban J connectivity index is 5.56. The first kappa shape index (κ1) is 31.5. The Morgan fingerprint density at radius 2 is 1.19 bits per heavy atom. The van der Waals surface area contributed by atoms with E-state index in [1.807, 2.05) is 6.92 Å². The highest BCUT2D eigenvalue weighted by atomic mass is 31.2. The summed E-state index contributed by atoms with van der Waals surface area (Å²) in [5, 5.41) is 0. The molecule has 9 heteroatoms. The molecule has 7 nitrogen and oxygen atoms in total. The van der Waals surface area contributed by atoms with Gasteiger partial charge in [-0.05, 0) is 87.1 Å². The molecular weight excluding hydrogens is 450 g/mol. The lowest BCUT2D eigenvalue weighted by molar-refractivity contribution is 0.103. The summed E-state index contributed by atoms with van der Waals surface area (Å²) in [6.45, 7) is 15.6. The van der Waals surface area contributed by atoms with E-state index in [9.17, 15) is 9.13 Å². The van der Waals surface area contributed by atoms with Crippen LogP contribution in [0, 0.1) is 0 Å². The summed E-state index contributed by atoms with van der Waals surface area (Å²) in [5.74, 6) is -1.20. The molecule has 0 heterocycles. The van der Waals surface area contributed by atoms with Crippen LogP contribution in [0.5, 0.6) is 0 Å². The van der Waals surface area contributed by atoms with Crippen LogP contribution in [-0.4, -0.2) is 32.3 Å². The maximum Gasteiger partial charge on any atom is 0.475 e.